The van der Waals surface area contributed by atoms with Crippen LogP contribution in [0.25, 0.3) is 0 Å². The van der Waals surface area contributed by atoms with Crippen molar-refractivity contribution in [3.63, 3.8) is 0 Å². The van der Waals surface area contributed by atoms with Gasteiger partial charge in [-0.25, -0.2) is 4.39 Å². The first-order chi connectivity index (χ1) is 12.6. The van der Waals surface area contributed by atoms with Crippen molar-refractivity contribution in [1.82, 2.24) is 14.7 Å². The summed E-state index contributed by atoms with van der Waals surface area (Å²) in [6.45, 7) is 5.06. The van der Waals surface area contributed by atoms with Gasteiger partial charge in [0.15, 0.2) is 6.61 Å². The molecule has 0 spiro atoms. The van der Waals surface area contributed by atoms with Gasteiger partial charge in [0.2, 0.25) is 5.91 Å². The number of carbonyl (C=O) groups excluding carboxylic acids is 2. The first-order valence-electron chi connectivity index (χ1n) is 9.28. The van der Waals surface area contributed by atoms with Gasteiger partial charge in [-0.15, -0.1) is 0 Å². The molecule has 6 nitrogen and oxygen atoms in total. The smallest absolute Gasteiger partial charge is 0.260 e. The third-order valence-corrected chi connectivity index (χ3v) is 4.98. The topological polar surface area (TPSA) is 53.1 Å². The van der Waals surface area contributed by atoms with Crippen LogP contribution < -0.4 is 4.74 Å². The fourth-order valence-corrected chi connectivity index (χ4v) is 3.42. The van der Waals surface area contributed by atoms with Gasteiger partial charge in [-0.05, 0) is 38.1 Å². The fourth-order valence-electron chi connectivity index (χ4n) is 3.42. The Morgan fingerprint density at radius 1 is 0.962 bits per heavy atom. The number of halogens is 1. The Hall–Kier alpha value is -2.15. The van der Waals surface area contributed by atoms with E-state index in [1.165, 1.54) is 25.0 Å². The van der Waals surface area contributed by atoms with Gasteiger partial charge >= 0.3 is 0 Å². The van der Waals surface area contributed by atoms with Crippen LogP contribution in [0.1, 0.15) is 19.3 Å². The SMILES string of the molecule is O=C(CCN1CCCC1)N1CCN(C(=O)COc2cccc(F)c2)CC1. The van der Waals surface area contributed by atoms with Gasteiger partial charge in [0.05, 0.1) is 0 Å². The largest absolute Gasteiger partial charge is 0.484 e. The molecule has 1 aromatic rings. The van der Waals surface area contributed by atoms with Crippen molar-refractivity contribution in [2.75, 3.05) is 52.4 Å². The normalized spacial score (nSPS) is 18.2. The summed E-state index contributed by atoms with van der Waals surface area (Å²) in [4.78, 5) is 30.4. The summed E-state index contributed by atoms with van der Waals surface area (Å²) in [6.07, 6.45) is 3.01. The first kappa shape index (κ1) is 18.6. The summed E-state index contributed by atoms with van der Waals surface area (Å²) >= 11 is 0. The van der Waals surface area contributed by atoms with Crippen LogP contribution in [0.4, 0.5) is 4.39 Å². The maximum Gasteiger partial charge on any atom is 0.260 e. The molecule has 0 unspecified atom stereocenters. The molecular weight excluding hydrogens is 337 g/mol. The lowest BCUT2D eigenvalue weighted by Gasteiger charge is -2.35. The van der Waals surface area contributed by atoms with Crippen molar-refractivity contribution in [3.8, 4) is 5.75 Å². The number of benzene rings is 1. The molecule has 0 aromatic heterocycles. The standard InChI is InChI=1S/C19H26FN3O3/c20-16-4-3-5-17(14-16)26-15-19(25)23-12-10-22(11-13-23)18(24)6-9-21-7-1-2-8-21/h3-5,14H,1-2,6-13,15H2. The van der Waals surface area contributed by atoms with E-state index in [0.717, 1.165) is 19.6 Å². The molecule has 3 rings (SSSR count). The van der Waals surface area contributed by atoms with E-state index in [4.69, 9.17) is 4.74 Å². The Kier molecular flexibility index (Phi) is 6.44. The molecule has 26 heavy (non-hydrogen) atoms. The molecule has 0 radical (unpaired) electrons. The molecule has 2 aliphatic rings. The maximum absolute atomic E-state index is 13.1. The molecule has 0 saturated carbocycles. The Morgan fingerprint density at radius 2 is 1.62 bits per heavy atom. The highest BCUT2D eigenvalue weighted by Gasteiger charge is 2.24. The fraction of sp³-hybridized carbons (Fsp3) is 0.579. The molecule has 0 aliphatic carbocycles. The van der Waals surface area contributed by atoms with Crippen LogP contribution in [-0.2, 0) is 9.59 Å². The lowest BCUT2D eigenvalue weighted by Crippen LogP contribution is -2.52. The summed E-state index contributed by atoms with van der Waals surface area (Å²) in [5.74, 6) is -0.0245. The molecule has 0 N–H and O–H groups in total. The zero-order chi connectivity index (χ0) is 18.4. The van der Waals surface area contributed by atoms with Gasteiger partial charge in [0.1, 0.15) is 11.6 Å². The highest BCUT2D eigenvalue weighted by molar-refractivity contribution is 5.79. The number of carbonyl (C=O) groups is 2. The molecule has 2 fully saturated rings. The Labute approximate surface area is 153 Å². The van der Waals surface area contributed by atoms with Crippen molar-refractivity contribution >= 4 is 11.8 Å². The number of ether oxygens (including phenoxy) is 1. The van der Waals surface area contributed by atoms with E-state index in [2.05, 4.69) is 4.90 Å². The predicted octanol–water partition coefficient (Wildman–Crippen LogP) is 1.36. The summed E-state index contributed by atoms with van der Waals surface area (Å²) in [6, 6.07) is 5.74. The molecule has 2 aliphatic heterocycles. The number of amides is 2. The lowest BCUT2D eigenvalue weighted by molar-refractivity contribution is -0.140. The van der Waals surface area contributed by atoms with Crippen LogP contribution in [0, 0.1) is 5.82 Å². The maximum atomic E-state index is 13.1. The summed E-state index contributed by atoms with van der Waals surface area (Å²) in [7, 11) is 0. The molecule has 142 valence electrons. The minimum atomic E-state index is -0.393. The van der Waals surface area contributed by atoms with Crippen LogP contribution in [-0.4, -0.2) is 78.9 Å². The van der Waals surface area contributed by atoms with Crippen molar-refractivity contribution in [2.24, 2.45) is 0 Å². The number of piperazine rings is 1. The number of likely N-dealkylation sites (tertiary alicyclic amines) is 1. The molecule has 2 heterocycles. The minimum absolute atomic E-state index is 0.119. The average Bonchev–Trinajstić information content (AvgIpc) is 3.18. The van der Waals surface area contributed by atoms with Gasteiger partial charge in [-0.1, -0.05) is 6.07 Å². The van der Waals surface area contributed by atoms with Gasteiger partial charge < -0.3 is 19.4 Å². The van der Waals surface area contributed by atoms with Crippen LogP contribution in [0.2, 0.25) is 0 Å². The number of rotatable bonds is 6. The third-order valence-electron chi connectivity index (χ3n) is 4.98. The second-order valence-electron chi connectivity index (χ2n) is 6.81. The van der Waals surface area contributed by atoms with E-state index in [1.807, 2.05) is 4.90 Å². The van der Waals surface area contributed by atoms with E-state index in [9.17, 15) is 14.0 Å². The van der Waals surface area contributed by atoms with Gasteiger partial charge in [-0.2, -0.15) is 0 Å². The lowest BCUT2D eigenvalue weighted by atomic mass is 10.2. The molecular formula is C19H26FN3O3. The number of hydrogen-bond acceptors (Lipinski definition) is 4. The zero-order valence-electron chi connectivity index (χ0n) is 15.0. The number of hydrogen-bond donors (Lipinski definition) is 0. The van der Waals surface area contributed by atoms with Crippen LogP contribution in [0.5, 0.6) is 5.75 Å². The molecule has 1 aromatic carbocycles. The summed E-state index contributed by atoms with van der Waals surface area (Å²) in [5.41, 5.74) is 0. The quantitative estimate of drug-likeness (QED) is 0.766. The van der Waals surface area contributed by atoms with Crippen LogP contribution >= 0.6 is 0 Å². The second-order valence-corrected chi connectivity index (χ2v) is 6.81. The molecule has 0 atom stereocenters. The monoisotopic (exact) mass is 363 g/mol. The molecule has 0 bridgehead atoms. The zero-order valence-corrected chi connectivity index (χ0v) is 15.0. The molecule has 2 amide bonds. The van der Waals surface area contributed by atoms with Crippen LogP contribution in [0.3, 0.4) is 0 Å². The van der Waals surface area contributed by atoms with Crippen LogP contribution in [0.15, 0.2) is 24.3 Å². The van der Waals surface area contributed by atoms with E-state index in [0.29, 0.717) is 38.3 Å². The highest BCUT2D eigenvalue weighted by Crippen LogP contribution is 2.13. The second kappa shape index (κ2) is 8.98. The van der Waals surface area contributed by atoms with E-state index < -0.39 is 5.82 Å². The Balaban J connectivity index is 1.37. The van der Waals surface area contributed by atoms with Crippen molar-refractivity contribution in [1.29, 1.82) is 0 Å². The van der Waals surface area contributed by atoms with E-state index in [1.54, 1.807) is 17.0 Å². The predicted molar refractivity (Wildman–Crippen MR) is 95.3 cm³/mol. The summed E-state index contributed by atoms with van der Waals surface area (Å²) in [5, 5.41) is 0. The third kappa shape index (κ3) is 5.17. The molecule has 7 heteroatoms. The van der Waals surface area contributed by atoms with E-state index >= 15 is 0 Å². The summed E-state index contributed by atoms with van der Waals surface area (Å²) < 4.78 is 18.5. The minimum Gasteiger partial charge on any atom is -0.484 e. The van der Waals surface area contributed by atoms with Crippen molar-refractivity contribution < 1.29 is 18.7 Å². The number of nitrogens with zero attached hydrogens (tertiary/aromatic N) is 3. The van der Waals surface area contributed by atoms with Gasteiger partial charge in [-0.3, -0.25) is 9.59 Å². The Bertz CT molecular complexity index is 626. The average molecular weight is 363 g/mol. The first-order valence-corrected chi connectivity index (χ1v) is 9.28. The van der Waals surface area contributed by atoms with Gasteiger partial charge in [0.25, 0.3) is 5.91 Å². The Morgan fingerprint density at radius 3 is 2.27 bits per heavy atom. The van der Waals surface area contributed by atoms with Crippen molar-refractivity contribution in [2.45, 2.75) is 19.3 Å². The molecule has 2 saturated heterocycles. The van der Waals surface area contributed by atoms with E-state index in [-0.39, 0.29) is 18.4 Å². The highest BCUT2D eigenvalue weighted by atomic mass is 19.1. The van der Waals surface area contributed by atoms with Crippen molar-refractivity contribution in [3.05, 3.63) is 30.1 Å². The van der Waals surface area contributed by atoms with Gasteiger partial charge in [0, 0.05) is 45.2 Å².